The number of likely N-dealkylation sites (N-methyl/N-ethyl adjacent to an activating group) is 1. The predicted octanol–water partition coefficient (Wildman–Crippen LogP) is 1.43. The van der Waals surface area contributed by atoms with Crippen LogP contribution in [0.25, 0.3) is 10.1 Å². The van der Waals surface area contributed by atoms with Gasteiger partial charge in [0.1, 0.15) is 0 Å². The van der Waals surface area contributed by atoms with E-state index in [-0.39, 0.29) is 12.5 Å². The molecule has 6 heteroatoms. The van der Waals surface area contributed by atoms with Crippen molar-refractivity contribution in [1.82, 2.24) is 4.90 Å². The van der Waals surface area contributed by atoms with E-state index in [4.69, 9.17) is 11.5 Å². The van der Waals surface area contributed by atoms with Crippen molar-refractivity contribution >= 4 is 38.9 Å². The number of benzene rings is 1. The third kappa shape index (κ3) is 2.85. The second-order valence-corrected chi connectivity index (χ2v) is 5.28. The maximum absolute atomic E-state index is 12.3. The lowest BCUT2D eigenvalue weighted by molar-refractivity contribution is -0.118. The van der Waals surface area contributed by atoms with Gasteiger partial charge in [0.25, 0.3) is 5.91 Å². The molecule has 2 rings (SSSR count). The summed E-state index contributed by atoms with van der Waals surface area (Å²) in [6, 6.07) is 7.31. The van der Waals surface area contributed by atoms with Crippen LogP contribution in [0.1, 0.15) is 16.6 Å². The topological polar surface area (TPSA) is 89.4 Å². The number of amides is 2. The Balaban J connectivity index is 2.32. The number of hydrogen-bond donors (Lipinski definition) is 2. The molecule has 19 heavy (non-hydrogen) atoms. The van der Waals surface area contributed by atoms with Crippen molar-refractivity contribution in [2.24, 2.45) is 5.73 Å². The highest BCUT2D eigenvalue weighted by atomic mass is 32.1. The number of anilines is 1. The zero-order chi connectivity index (χ0) is 14.0. The molecule has 0 aliphatic heterocycles. The SMILES string of the molecule is CCN(CC(N)=O)C(=O)c1cc2cc(N)ccc2s1. The Labute approximate surface area is 114 Å². The number of carbonyl (C=O) groups excluding carboxylic acids is 2. The molecule has 0 saturated heterocycles. The molecule has 0 fully saturated rings. The van der Waals surface area contributed by atoms with Crippen LogP contribution < -0.4 is 11.5 Å². The van der Waals surface area contributed by atoms with Gasteiger partial charge >= 0.3 is 0 Å². The Morgan fingerprint density at radius 3 is 2.68 bits per heavy atom. The minimum atomic E-state index is -0.513. The number of rotatable bonds is 4. The quantitative estimate of drug-likeness (QED) is 0.828. The lowest BCUT2D eigenvalue weighted by atomic mass is 10.2. The summed E-state index contributed by atoms with van der Waals surface area (Å²) in [6.07, 6.45) is 0. The molecule has 2 aromatic rings. The van der Waals surface area contributed by atoms with Gasteiger partial charge in [0.2, 0.25) is 5.91 Å². The van der Waals surface area contributed by atoms with Gasteiger partial charge in [0, 0.05) is 16.9 Å². The highest BCUT2D eigenvalue weighted by Gasteiger charge is 2.18. The Bertz CT molecular complexity index is 636. The Kier molecular flexibility index (Phi) is 3.71. The van der Waals surface area contributed by atoms with Gasteiger partial charge in [-0.15, -0.1) is 11.3 Å². The van der Waals surface area contributed by atoms with Gasteiger partial charge in [-0.2, -0.15) is 0 Å². The van der Waals surface area contributed by atoms with Crippen LogP contribution in [0, 0.1) is 0 Å². The van der Waals surface area contributed by atoms with Crippen LogP contribution in [0.15, 0.2) is 24.3 Å². The number of nitrogen functional groups attached to an aromatic ring is 1. The normalized spacial score (nSPS) is 10.6. The first-order valence-electron chi connectivity index (χ1n) is 5.88. The zero-order valence-corrected chi connectivity index (χ0v) is 11.4. The summed E-state index contributed by atoms with van der Waals surface area (Å²) in [5.74, 6) is -0.693. The highest BCUT2D eigenvalue weighted by Crippen LogP contribution is 2.28. The molecule has 0 atom stereocenters. The van der Waals surface area contributed by atoms with Crippen molar-refractivity contribution in [3.8, 4) is 0 Å². The molecule has 5 nitrogen and oxygen atoms in total. The summed E-state index contributed by atoms with van der Waals surface area (Å²) in [4.78, 5) is 25.2. The van der Waals surface area contributed by atoms with Gasteiger partial charge in [-0.25, -0.2) is 0 Å². The number of primary amides is 1. The molecular weight excluding hydrogens is 262 g/mol. The fourth-order valence-corrected chi connectivity index (χ4v) is 2.85. The third-order valence-electron chi connectivity index (χ3n) is 2.77. The van der Waals surface area contributed by atoms with E-state index in [1.165, 1.54) is 16.2 Å². The van der Waals surface area contributed by atoms with Crippen LogP contribution in [0.3, 0.4) is 0 Å². The monoisotopic (exact) mass is 277 g/mol. The van der Waals surface area contributed by atoms with E-state index >= 15 is 0 Å². The van der Waals surface area contributed by atoms with Gasteiger partial charge in [0.15, 0.2) is 0 Å². The lowest BCUT2D eigenvalue weighted by Gasteiger charge is -2.17. The highest BCUT2D eigenvalue weighted by molar-refractivity contribution is 7.20. The number of nitrogens with two attached hydrogens (primary N) is 2. The molecule has 1 heterocycles. The van der Waals surface area contributed by atoms with Crippen molar-refractivity contribution in [3.05, 3.63) is 29.1 Å². The minimum absolute atomic E-state index is 0.0638. The van der Waals surface area contributed by atoms with Crippen LogP contribution >= 0.6 is 11.3 Å². The molecular formula is C13H15N3O2S. The van der Waals surface area contributed by atoms with Crippen LogP contribution in [-0.4, -0.2) is 29.8 Å². The van der Waals surface area contributed by atoms with E-state index in [0.717, 1.165) is 10.1 Å². The second kappa shape index (κ2) is 5.27. The summed E-state index contributed by atoms with van der Waals surface area (Å²) < 4.78 is 0.993. The van der Waals surface area contributed by atoms with E-state index in [1.54, 1.807) is 12.1 Å². The summed E-state index contributed by atoms with van der Waals surface area (Å²) in [6.45, 7) is 2.19. The second-order valence-electron chi connectivity index (χ2n) is 4.19. The van der Waals surface area contributed by atoms with Crippen LogP contribution in [0.2, 0.25) is 0 Å². The number of thiophene rings is 1. The average molecular weight is 277 g/mol. The Morgan fingerprint density at radius 1 is 1.32 bits per heavy atom. The van der Waals surface area contributed by atoms with Gasteiger partial charge in [0.05, 0.1) is 11.4 Å². The first-order valence-corrected chi connectivity index (χ1v) is 6.69. The van der Waals surface area contributed by atoms with Crippen LogP contribution in [-0.2, 0) is 4.79 Å². The Morgan fingerprint density at radius 2 is 2.05 bits per heavy atom. The molecule has 1 aromatic heterocycles. The van der Waals surface area contributed by atoms with Crippen molar-refractivity contribution in [2.45, 2.75) is 6.92 Å². The molecule has 4 N–H and O–H groups in total. The summed E-state index contributed by atoms with van der Waals surface area (Å²) in [7, 11) is 0. The average Bonchev–Trinajstić information content (AvgIpc) is 2.77. The van der Waals surface area contributed by atoms with Gasteiger partial charge in [-0.05, 0) is 36.6 Å². The maximum Gasteiger partial charge on any atom is 0.264 e. The largest absolute Gasteiger partial charge is 0.399 e. The fourth-order valence-electron chi connectivity index (χ4n) is 1.84. The molecule has 0 radical (unpaired) electrons. The van der Waals surface area contributed by atoms with E-state index in [0.29, 0.717) is 17.1 Å². The minimum Gasteiger partial charge on any atom is -0.399 e. The van der Waals surface area contributed by atoms with Crippen molar-refractivity contribution < 1.29 is 9.59 Å². The first-order chi connectivity index (χ1) is 9.01. The molecule has 0 aliphatic rings. The van der Waals surface area contributed by atoms with E-state index in [9.17, 15) is 9.59 Å². The molecule has 0 aliphatic carbocycles. The van der Waals surface area contributed by atoms with E-state index < -0.39 is 5.91 Å². The van der Waals surface area contributed by atoms with Crippen LogP contribution in [0.5, 0.6) is 0 Å². The first kappa shape index (κ1) is 13.4. The van der Waals surface area contributed by atoms with Gasteiger partial charge in [-0.3, -0.25) is 9.59 Å². The summed E-state index contributed by atoms with van der Waals surface area (Å²) in [5.41, 5.74) is 11.5. The Hall–Kier alpha value is -2.08. The molecule has 1 aromatic carbocycles. The maximum atomic E-state index is 12.3. The summed E-state index contributed by atoms with van der Waals surface area (Å²) >= 11 is 1.39. The lowest BCUT2D eigenvalue weighted by Crippen LogP contribution is -2.37. The standard InChI is InChI=1S/C13H15N3O2S/c1-2-16(7-12(15)17)13(18)11-6-8-5-9(14)3-4-10(8)19-11/h3-6H,2,7,14H2,1H3,(H2,15,17). The van der Waals surface area contributed by atoms with Gasteiger partial charge < -0.3 is 16.4 Å². The molecule has 0 saturated carbocycles. The van der Waals surface area contributed by atoms with Crippen molar-refractivity contribution in [1.29, 1.82) is 0 Å². The number of fused-ring (bicyclic) bond motifs is 1. The van der Waals surface area contributed by atoms with Crippen LogP contribution in [0.4, 0.5) is 5.69 Å². The van der Waals surface area contributed by atoms with Gasteiger partial charge in [-0.1, -0.05) is 0 Å². The molecule has 0 bridgehead atoms. The fraction of sp³-hybridized carbons (Fsp3) is 0.231. The smallest absolute Gasteiger partial charge is 0.264 e. The van der Waals surface area contributed by atoms with E-state index in [2.05, 4.69) is 0 Å². The molecule has 100 valence electrons. The van der Waals surface area contributed by atoms with E-state index in [1.807, 2.05) is 19.1 Å². The molecule has 2 amide bonds. The van der Waals surface area contributed by atoms with Crippen molar-refractivity contribution in [2.75, 3.05) is 18.8 Å². The summed E-state index contributed by atoms with van der Waals surface area (Å²) in [5, 5.41) is 0.934. The number of hydrogen-bond acceptors (Lipinski definition) is 4. The zero-order valence-electron chi connectivity index (χ0n) is 10.6. The third-order valence-corrected chi connectivity index (χ3v) is 3.87. The molecule has 0 unspecified atom stereocenters. The predicted molar refractivity (Wildman–Crippen MR) is 77.0 cm³/mol. The van der Waals surface area contributed by atoms with Crippen molar-refractivity contribution in [3.63, 3.8) is 0 Å². The number of carbonyl (C=O) groups is 2. The number of nitrogens with zero attached hydrogens (tertiary/aromatic N) is 1. The molecule has 0 spiro atoms.